The number of thioether (sulfide) groups is 1. The molecule has 0 spiro atoms. The lowest BCUT2D eigenvalue weighted by atomic mass is 10.1. The van der Waals surface area contributed by atoms with Crippen molar-refractivity contribution in [1.82, 2.24) is 30.2 Å². The second kappa shape index (κ2) is 8.41. The van der Waals surface area contributed by atoms with Crippen LogP contribution in [0.15, 0.2) is 64.6 Å². The van der Waals surface area contributed by atoms with Crippen LogP contribution in [0.2, 0.25) is 0 Å². The van der Waals surface area contributed by atoms with Gasteiger partial charge in [-0.3, -0.25) is 0 Å². The average molecular weight is 441 g/mol. The van der Waals surface area contributed by atoms with Gasteiger partial charge in [-0.1, -0.05) is 42.1 Å². The molecule has 2 aromatic heterocycles. The second-order valence-corrected chi connectivity index (χ2v) is 9.82. The molecule has 2 heterocycles. The zero-order chi connectivity index (χ0) is 21.1. The van der Waals surface area contributed by atoms with Gasteiger partial charge in [0.05, 0.1) is 22.0 Å². The Labute approximate surface area is 178 Å². The largest absolute Gasteiger partial charge is 0.337 e. The van der Waals surface area contributed by atoms with Crippen LogP contribution in [0.1, 0.15) is 22.8 Å². The van der Waals surface area contributed by atoms with E-state index in [1.807, 2.05) is 25.1 Å². The maximum atomic E-state index is 11.6. The summed E-state index contributed by atoms with van der Waals surface area (Å²) >= 11 is 1.51. The highest BCUT2D eigenvalue weighted by Crippen LogP contribution is 2.23. The molecule has 4 rings (SSSR count). The van der Waals surface area contributed by atoms with Crippen LogP contribution in [-0.2, 0) is 22.0 Å². The van der Waals surface area contributed by atoms with E-state index in [0.29, 0.717) is 17.3 Å². The highest BCUT2D eigenvalue weighted by molar-refractivity contribution is 7.98. The van der Waals surface area contributed by atoms with Gasteiger partial charge in [0.25, 0.3) is 0 Å². The third-order valence-corrected chi connectivity index (χ3v) is 6.56. The lowest BCUT2D eigenvalue weighted by Gasteiger charge is -2.05. The maximum absolute atomic E-state index is 11.6. The number of tetrazole rings is 1. The van der Waals surface area contributed by atoms with E-state index in [1.165, 1.54) is 23.6 Å². The Bertz CT molecular complexity index is 1250. The first-order valence-electron chi connectivity index (χ1n) is 9.20. The Balaban J connectivity index is 1.47. The molecule has 8 nitrogen and oxygen atoms in total. The van der Waals surface area contributed by atoms with Crippen molar-refractivity contribution < 1.29 is 8.42 Å². The summed E-state index contributed by atoms with van der Waals surface area (Å²) < 4.78 is 24.9. The molecular formula is C20H20N6O2S2. The van der Waals surface area contributed by atoms with Crippen molar-refractivity contribution in [3.8, 4) is 5.69 Å². The van der Waals surface area contributed by atoms with Crippen molar-refractivity contribution in [2.45, 2.75) is 29.1 Å². The van der Waals surface area contributed by atoms with E-state index in [9.17, 15) is 8.42 Å². The van der Waals surface area contributed by atoms with Crippen LogP contribution >= 0.6 is 11.8 Å². The number of aromatic amines is 1. The molecule has 0 fully saturated rings. The fraction of sp³-hybridized carbons (Fsp3) is 0.200. The van der Waals surface area contributed by atoms with E-state index >= 15 is 0 Å². The molecule has 1 N–H and O–H groups in total. The van der Waals surface area contributed by atoms with Gasteiger partial charge in [0.2, 0.25) is 0 Å². The van der Waals surface area contributed by atoms with Gasteiger partial charge >= 0.3 is 0 Å². The molecule has 0 aliphatic carbocycles. The lowest BCUT2D eigenvalue weighted by molar-refractivity contribution is 0.602. The van der Waals surface area contributed by atoms with Crippen molar-refractivity contribution in [3.05, 3.63) is 77.4 Å². The van der Waals surface area contributed by atoms with E-state index in [-0.39, 0.29) is 4.90 Å². The quantitative estimate of drug-likeness (QED) is 0.440. The minimum absolute atomic E-state index is 0.257. The van der Waals surface area contributed by atoms with Crippen LogP contribution < -0.4 is 0 Å². The highest BCUT2D eigenvalue weighted by atomic mass is 32.2. The molecule has 0 atom stereocenters. The number of sulfone groups is 1. The first kappa shape index (κ1) is 20.3. The third kappa shape index (κ3) is 4.60. The number of nitrogens with zero attached hydrogens (tertiary/aromatic N) is 5. The van der Waals surface area contributed by atoms with Crippen LogP contribution in [0.25, 0.3) is 5.69 Å². The zero-order valence-electron chi connectivity index (χ0n) is 16.5. The Morgan fingerprint density at radius 3 is 2.50 bits per heavy atom. The molecule has 0 amide bonds. The number of rotatable bonds is 7. The first-order valence-corrected chi connectivity index (χ1v) is 12.1. The van der Waals surface area contributed by atoms with Crippen molar-refractivity contribution in [2.24, 2.45) is 0 Å². The molecule has 10 heteroatoms. The van der Waals surface area contributed by atoms with E-state index in [2.05, 4.69) is 32.6 Å². The Hall–Kier alpha value is -2.98. The number of benzene rings is 2. The molecule has 154 valence electrons. The normalized spacial score (nSPS) is 11.7. The van der Waals surface area contributed by atoms with E-state index < -0.39 is 9.84 Å². The van der Waals surface area contributed by atoms with Gasteiger partial charge in [-0.2, -0.15) is 4.68 Å². The van der Waals surface area contributed by atoms with E-state index in [4.69, 9.17) is 4.98 Å². The average Bonchev–Trinajstić information content (AvgIpc) is 3.33. The number of aromatic nitrogens is 6. The maximum Gasteiger partial charge on any atom is 0.175 e. The Morgan fingerprint density at radius 1 is 1.07 bits per heavy atom. The van der Waals surface area contributed by atoms with E-state index in [1.54, 1.807) is 28.9 Å². The van der Waals surface area contributed by atoms with Gasteiger partial charge in [0.1, 0.15) is 0 Å². The predicted octanol–water partition coefficient (Wildman–Crippen LogP) is 2.98. The number of H-pyrrole nitrogens is 1. The molecule has 0 aliphatic rings. The molecule has 4 aromatic rings. The minimum atomic E-state index is -3.25. The van der Waals surface area contributed by atoms with Crippen LogP contribution in [0.5, 0.6) is 0 Å². The SMILES string of the molecule is Cc1[nH]c(SCc2nnnn2-c2ccc(S(C)(=O)=O)cc2)nc1Cc1ccccc1. The van der Waals surface area contributed by atoms with Crippen LogP contribution in [0, 0.1) is 6.92 Å². The van der Waals surface area contributed by atoms with E-state index in [0.717, 1.165) is 23.0 Å². The van der Waals surface area contributed by atoms with Gasteiger partial charge in [-0.15, -0.1) is 5.10 Å². The zero-order valence-corrected chi connectivity index (χ0v) is 18.1. The molecule has 0 aliphatic heterocycles. The number of nitrogens with one attached hydrogen (secondary N) is 1. The lowest BCUT2D eigenvalue weighted by Crippen LogP contribution is -2.03. The summed E-state index contributed by atoms with van der Waals surface area (Å²) in [6.07, 6.45) is 1.95. The molecule has 0 unspecified atom stereocenters. The highest BCUT2D eigenvalue weighted by Gasteiger charge is 2.13. The van der Waals surface area contributed by atoms with Gasteiger partial charge in [-0.05, 0) is 47.2 Å². The molecule has 30 heavy (non-hydrogen) atoms. The topological polar surface area (TPSA) is 106 Å². The van der Waals surface area contributed by atoms with Gasteiger partial charge in [-0.25, -0.2) is 13.4 Å². The summed E-state index contributed by atoms with van der Waals surface area (Å²) in [4.78, 5) is 8.28. The van der Waals surface area contributed by atoms with Crippen LogP contribution in [0.3, 0.4) is 0 Å². The van der Waals surface area contributed by atoms with Crippen LogP contribution in [-0.4, -0.2) is 44.8 Å². The Morgan fingerprint density at radius 2 is 1.80 bits per heavy atom. The van der Waals surface area contributed by atoms with Gasteiger partial charge in [0, 0.05) is 18.4 Å². The van der Waals surface area contributed by atoms with Crippen LogP contribution in [0.4, 0.5) is 0 Å². The molecule has 0 saturated carbocycles. The fourth-order valence-electron chi connectivity index (χ4n) is 2.96. The summed E-state index contributed by atoms with van der Waals surface area (Å²) in [5.41, 5.74) is 3.96. The molecule has 0 saturated heterocycles. The monoisotopic (exact) mass is 440 g/mol. The number of hydrogen-bond acceptors (Lipinski definition) is 7. The van der Waals surface area contributed by atoms with Crippen molar-refractivity contribution in [1.29, 1.82) is 0 Å². The minimum Gasteiger partial charge on any atom is -0.337 e. The smallest absolute Gasteiger partial charge is 0.175 e. The molecule has 2 aromatic carbocycles. The Kier molecular flexibility index (Phi) is 5.69. The summed E-state index contributed by atoms with van der Waals surface area (Å²) in [6, 6.07) is 16.7. The summed E-state index contributed by atoms with van der Waals surface area (Å²) in [5.74, 6) is 1.16. The molecular weight excluding hydrogens is 420 g/mol. The molecule has 0 radical (unpaired) electrons. The third-order valence-electron chi connectivity index (χ3n) is 4.56. The van der Waals surface area contributed by atoms with Crippen molar-refractivity contribution in [3.63, 3.8) is 0 Å². The number of imidazole rings is 1. The first-order chi connectivity index (χ1) is 14.4. The summed E-state index contributed by atoms with van der Waals surface area (Å²) in [6.45, 7) is 2.02. The second-order valence-electron chi connectivity index (χ2n) is 6.84. The van der Waals surface area contributed by atoms with Crippen molar-refractivity contribution >= 4 is 21.6 Å². The molecule has 0 bridgehead atoms. The standard InChI is InChI=1S/C20H20N6O2S2/c1-14-18(12-15-6-4-3-5-7-15)22-20(21-14)29-13-19-23-24-25-26(19)16-8-10-17(11-9-16)30(2,27)28/h3-11H,12-13H2,1-2H3,(H,21,22). The van der Waals surface area contributed by atoms with Gasteiger partial charge in [0.15, 0.2) is 20.8 Å². The number of aryl methyl sites for hydroxylation is 1. The predicted molar refractivity (Wildman–Crippen MR) is 114 cm³/mol. The summed E-state index contributed by atoms with van der Waals surface area (Å²) in [7, 11) is -3.25. The summed E-state index contributed by atoms with van der Waals surface area (Å²) in [5, 5.41) is 12.7. The van der Waals surface area contributed by atoms with Gasteiger partial charge < -0.3 is 4.98 Å². The van der Waals surface area contributed by atoms with Crippen molar-refractivity contribution in [2.75, 3.05) is 6.26 Å². The number of hydrogen-bond donors (Lipinski definition) is 1. The fourth-order valence-corrected chi connectivity index (χ4v) is 4.44.